The summed E-state index contributed by atoms with van der Waals surface area (Å²) in [5.74, 6) is -0.625. The Labute approximate surface area is 201 Å². The van der Waals surface area contributed by atoms with Crippen LogP contribution in [0.1, 0.15) is 45.6 Å². The van der Waals surface area contributed by atoms with E-state index in [-0.39, 0.29) is 60.9 Å². The minimum atomic E-state index is -0.714. The van der Waals surface area contributed by atoms with Crippen LogP contribution in [0.15, 0.2) is 36.4 Å². The van der Waals surface area contributed by atoms with Gasteiger partial charge in [0.1, 0.15) is 11.8 Å². The molecular weight excluding hydrogens is 434 g/mol. The number of hydrogen-bond acceptors (Lipinski definition) is 5. The third kappa shape index (κ3) is 5.85. The van der Waals surface area contributed by atoms with Gasteiger partial charge in [0, 0.05) is 26.1 Å². The lowest BCUT2D eigenvalue weighted by molar-refractivity contribution is -0.143. The van der Waals surface area contributed by atoms with Crippen molar-refractivity contribution in [1.82, 2.24) is 15.1 Å². The summed E-state index contributed by atoms with van der Waals surface area (Å²) in [6.07, 6.45) is 4.97. The van der Waals surface area contributed by atoms with Crippen molar-refractivity contribution in [1.29, 1.82) is 0 Å². The van der Waals surface area contributed by atoms with Gasteiger partial charge in [-0.05, 0) is 43.4 Å². The number of imide groups is 1. The lowest BCUT2D eigenvalue weighted by Gasteiger charge is -2.29. The van der Waals surface area contributed by atoms with Crippen LogP contribution in [-0.4, -0.2) is 59.7 Å². The number of amides is 4. The van der Waals surface area contributed by atoms with Crippen LogP contribution in [0.5, 0.6) is 5.75 Å². The van der Waals surface area contributed by atoms with Gasteiger partial charge in [-0.2, -0.15) is 0 Å². The van der Waals surface area contributed by atoms with Crippen LogP contribution in [-0.2, 0) is 25.7 Å². The van der Waals surface area contributed by atoms with E-state index in [9.17, 15) is 19.2 Å². The van der Waals surface area contributed by atoms with Crippen molar-refractivity contribution in [3.05, 3.63) is 42.0 Å². The van der Waals surface area contributed by atoms with E-state index < -0.39 is 6.04 Å². The van der Waals surface area contributed by atoms with Crippen LogP contribution in [0.3, 0.4) is 0 Å². The Balaban J connectivity index is 1.72. The van der Waals surface area contributed by atoms with Crippen molar-refractivity contribution in [2.75, 3.05) is 20.2 Å². The van der Waals surface area contributed by atoms with Crippen molar-refractivity contribution in [2.45, 2.75) is 52.6 Å². The largest absolute Gasteiger partial charge is 0.497 e. The summed E-state index contributed by atoms with van der Waals surface area (Å²) in [5.41, 5.74) is 0.821. The highest BCUT2D eigenvalue weighted by Gasteiger charge is 2.47. The van der Waals surface area contributed by atoms with E-state index >= 15 is 0 Å². The smallest absolute Gasteiger partial charge is 0.242 e. The molecule has 4 amide bonds. The third-order valence-electron chi connectivity index (χ3n) is 6.49. The summed E-state index contributed by atoms with van der Waals surface area (Å²) in [6, 6.07) is 6.62. The van der Waals surface area contributed by atoms with E-state index in [0.29, 0.717) is 25.1 Å². The fraction of sp³-hybridized carbons (Fsp3) is 0.538. The molecule has 0 spiro atoms. The number of carbonyl (C=O) groups is 4. The van der Waals surface area contributed by atoms with Gasteiger partial charge in [0.05, 0.1) is 18.9 Å². The lowest BCUT2D eigenvalue weighted by atomic mass is 9.85. The first-order chi connectivity index (χ1) is 16.2. The standard InChI is InChI=1S/C26H35N3O5/c1-17(2)15-27-24(31)18(3)29(16-19-8-7-9-20(14-19)34-4)23(30)12-13-28-25(32)21-10-5-6-11-22(21)26(28)33/h5-9,14,17-18,21-22H,10-13,15-16H2,1-4H3,(H,27,31)/t18-,21-,22+/m1/s1. The van der Waals surface area contributed by atoms with E-state index in [1.165, 1.54) is 9.80 Å². The van der Waals surface area contributed by atoms with E-state index in [4.69, 9.17) is 4.74 Å². The van der Waals surface area contributed by atoms with Crippen LogP contribution in [0.2, 0.25) is 0 Å². The molecule has 8 heteroatoms. The zero-order chi connectivity index (χ0) is 24.8. The molecule has 1 heterocycles. The van der Waals surface area contributed by atoms with Gasteiger partial charge in [0.15, 0.2) is 0 Å². The zero-order valence-corrected chi connectivity index (χ0v) is 20.5. The first kappa shape index (κ1) is 25.5. The predicted molar refractivity (Wildman–Crippen MR) is 128 cm³/mol. The van der Waals surface area contributed by atoms with E-state index in [1.807, 2.05) is 50.3 Å². The summed E-state index contributed by atoms with van der Waals surface area (Å²) in [6.45, 7) is 6.45. The Bertz CT molecular complexity index is 932. The van der Waals surface area contributed by atoms with Crippen LogP contribution >= 0.6 is 0 Å². The second kappa shape index (κ2) is 11.3. The average Bonchev–Trinajstić information content (AvgIpc) is 3.08. The molecule has 0 aromatic heterocycles. The van der Waals surface area contributed by atoms with E-state index in [2.05, 4.69) is 5.32 Å². The Hall–Kier alpha value is -3.16. The maximum Gasteiger partial charge on any atom is 0.242 e. The van der Waals surface area contributed by atoms with Crippen LogP contribution in [0.4, 0.5) is 0 Å². The van der Waals surface area contributed by atoms with Crippen molar-refractivity contribution in [3.8, 4) is 5.75 Å². The van der Waals surface area contributed by atoms with Gasteiger partial charge >= 0.3 is 0 Å². The summed E-state index contributed by atoms with van der Waals surface area (Å²) in [7, 11) is 1.57. The number of allylic oxidation sites excluding steroid dienone is 2. The number of benzene rings is 1. The minimum Gasteiger partial charge on any atom is -0.497 e. The summed E-state index contributed by atoms with van der Waals surface area (Å²) < 4.78 is 5.29. The predicted octanol–water partition coefficient (Wildman–Crippen LogP) is 2.53. The second-order valence-corrected chi connectivity index (χ2v) is 9.42. The molecule has 2 aliphatic rings. The van der Waals surface area contributed by atoms with Gasteiger partial charge in [-0.15, -0.1) is 0 Å². The third-order valence-corrected chi connectivity index (χ3v) is 6.49. The Morgan fingerprint density at radius 3 is 2.35 bits per heavy atom. The molecule has 0 unspecified atom stereocenters. The molecule has 1 aromatic rings. The van der Waals surface area contributed by atoms with Crippen molar-refractivity contribution in [3.63, 3.8) is 0 Å². The number of hydrogen-bond donors (Lipinski definition) is 1. The monoisotopic (exact) mass is 469 g/mol. The number of nitrogens with zero attached hydrogens (tertiary/aromatic N) is 2. The number of nitrogens with one attached hydrogen (secondary N) is 1. The quantitative estimate of drug-likeness (QED) is 0.420. The SMILES string of the molecule is COc1cccc(CN(C(=O)CCN2C(=O)[C@H]3CC=CC[C@H]3C2=O)[C@H](C)C(=O)NCC(C)C)c1. The molecule has 34 heavy (non-hydrogen) atoms. The number of likely N-dealkylation sites (tertiary alicyclic amines) is 1. The molecule has 0 bridgehead atoms. The number of carbonyl (C=O) groups excluding carboxylic acids is 4. The average molecular weight is 470 g/mol. The molecule has 184 valence electrons. The molecule has 3 rings (SSSR count). The summed E-state index contributed by atoms with van der Waals surface area (Å²) in [5, 5.41) is 2.89. The molecule has 1 aliphatic heterocycles. The first-order valence-electron chi connectivity index (χ1n) is 11.9. The van der Waals surface area contributed by atoms with Gasteiger partial charge < -0.3 is 15.0 Å². The minimum absolute atomic E-state index is 0.0262. The summed E-state index contributed by atoms with van der Waals surface area (Å²) in [4.78, 5) is 54.4. The molecule has 1 saturated heterocycles. The Kier molecular flexibility index (Phi) is 8.47. The van der Waals surface area contributed by atoms with Gasteiger partial charge in [-0.25, -0.2) is 0 Å². The summed E-state index contributed by atoms with van der Waals surface area (Å²) >= 11 is 0. The molecular formula is C26H35N3O5. The van der Waals surface area contributed by atoms with Crippen LogP contribution in [0, 0.1) is 17.8 Å². The van der Waals surface area contributed by atoms with Crippen molar-refractivity contribution in [2.24, 2.45) is 17.8 Å². The van der Waals surface area contributed by atoms with Crippen molar-refractivity contribution >= 4 is 23.6 Å². The first-order valence-corrected chi connectivity index (χ1v) is 11.9. The lowest BCUT2D eigenvalue weighted by Crippen LogP contribution is -2.49. The van der Waals surface area contributed by atoms with Gasteiger partial charge in [-0.3, -0.25) is 24.1 Å². The normalized spacial score (nSPS) is 20.3. The van der Waals surface area contributed by atoms with Gasteiger partial charge in [-0.1, -0.05) is 38.1 Å². The number of ether oxygens (including phenoxy) is 1. The van der Waals surface area contributed by atoms with E-state index in [1.54, 1.807) is 14.0 Å². The number of methoxy groups -OCH3 is 1. The maximum atomic E-state index is 13.3. The van der Waals surface area contributed by atoms with E-state index in [0.717, 1.165) is 5.56 Å². The maximum absolute atomic E-state index is 13.3. The molecule has 3 atom stereocenters. The number of rotatable bonds is 10. The second-order valence-electron chi connectivity index (χ2n) is 9.42. The Morgan fingerprint density at radius 2 is 1.76 bits per heavy atom. The topological polar surface area (TPSA) is 96.0 Å². The highest BCUT2D eigenvalue weighted by atomic mass is 16.5. The highest BCUT2D eigenvalue weighted by molar-refractivity contribution is 6.05. The highest BCUT2D eigenvalue weighted by Crippen LogP contribution is 2.35. The van der Waals surface area contributed by atoms with Crippen LogP contribution in [0.25, 0.3) is 0 Å². The number of fused-ring (bicyclic) bond motifs is 1. The Morgan fingerprint density at radius 1 is 1.12 bits per heavy atom. The molecule has 8 nitrogen and oxygen atoms in total. The molecule has 0 radical (unpaired) electrons. The molecule has 1 fully saturated rings. The fourth-order valence-electron chi connectivity index (χ4n) is 4.44. The molecule has 1 N–H and O–H groups in total. The van der Waals surface area contributed by atoms with Gasteiger partial charge in [0.25, 0.3) is 0 Å². The molecule has 1 aromatic carbocycles. The zero-order valence-electron chi connectivity index (χ0n) is 20.5. The fourth-order valence-corrected chi connectivity index (χ4v) is 4.44. The van der Waals surface area contributed by atoms with Gasteiger partial charge in [0.2, 0.25) is 23.6 Å². The molecule has 0 saturated carbocycles. The van der Waals surface area contributed by atoms with Crippen molar-refractivity contribution < 1.29 is 23.9 Å². The van der Waals surface area contributed by atoms with Crippen LogP contribution < -0.4 is 10.1 Å². The molecule has 1 aliphatic carbocycles.